The summed E-state index contributed by atoms with van der Waals surface area (Å²) in [6, 6.07) is 20.5. The summed E-state index contributed by atoms with van der Waals surface area (Å²) < 4.78 is 2.02. The molecule has 8 heteroatoms. The Morgan fingerprint density at radius 3 is 2.67 bits per heavy atom. The molecule has 0 atom stereocenters. The summed E-state index contributed by atoms with van der Waals surface area (Å²) in [6.45, 7) is 2.16. The Bertz CT molecular complexity index is 1660. The van der Waals surface area contributed by atoms with Crippen molar-refractivity contribution < 1.29 is 9.90 Å². The van der Waals surface area contributed by atoms with Crippen molar-refractivity contribution >= 4 is 28.1 Å². The lowest BCUT2D eigenvalue weighted by Gasteiger charge is -2.43. The number of hydrogen-bond donors (Lipinski definition) is 3. The third-order valence-corrected chi connectivity index (χ3v) is 7.71. The fourth-order valence-corrected chi connectivity index (χ4v) is 5.70. The number of anilines is 1. The van der Waals surface area contributed by atoms with Crippen LogP contribution in [0.1, 0.15) is 50.8 Å². The summed E-state index contributed by atoms with van der Waals surface area (Å²) in [4.78, 5) is 25.4. The summed E-state index contributed by atoms with van der Waals surface area (Å²) in [5, 5.41) is 14.9. The first-order valence-corrected chi connectivity index (χ1v) is 13.5. The predicted octanol–water partition coefficient (Wildman–Crippen LogP) is 5.11. The van der Waals surface area contributed by atoms with Crippen molar-refractivity contribution in [2.45, 2.75) is 50.5 Å². The molecule has 198 valence electrons. The number of nitrogens with zero attached hydrogens (tertiary/aromatic N) is 4. The second-order valence-corrected chi connectivity index (χ2v) is 10.6. The highest BCUT2D eigenvalue weighted by Crippen LogP contribution is 2.48. The van der Waals surface area contributed by atoms with Crippen LogP contribution in [-0.2, 0) is 4.79 Å². The number of nitrogens with one attached hydrogen (secondary N) is 1. The minimum atomic E-state index is -0.702. The monoisotopic (exact) mass is 520 g/mol. The first-order chi connectivity index (χ1) is 18.9. The van der Waals surface area contributed by atoms with Crippen molar-refractivity contribution in [1.82, 2.24) is 24.7 Å². The Hall–Kier alpha value is -4.30. The molecule has 5 aromatic rings. The Labute approximate surface area is 226 Å². The highest BCUT2D eigenvalue weighted by atomic mass is 16.3. The van der Waals surface area contributed by atoms with Gasteiger partial charge in [0.2, 0.25) is 5.91 Å². The zero-order chi connectivity index (χ0) is 27.0. The molecular weight excluding hydrogens is 488 g/mol. The van der Waals surface area contributed by atoms with Gasteiger partial charge in [0.25, 0.3) is 0 Å². The van der Waals surface area contributed by atoms with E-state index in [0.717, 1.165) is 57.6 Å². The molecule has 8 nitrogen and oxygen atoms in total. The maximum Gasteiger partial charge on any atom is 0.216 e. The smallest absolute Gasteiger partial charge is 0.216 e. The molecule has 39 heavy (non-hydrogen) atoms. The molecular formula is C31H32N6O2. The van der Waals surface area contributed by atoms with Crippen LogP contribution in [0.4, 0.5) is 5.82 Å². The number of rotatable bonds is 8. The van der Waals surface area contributed by atoms with E-state index >= 15 is 0 Å². The van der Waals surface area contributed by atoms with Crippen LogP contribution in [0.3, 0.4) is 0 Å². The fraction of sp³-hybridized carbons (Fsp3) is 0.290. The van der Waals surface area contributed by atoms with Crippen molar-refractivity contribution in [3.05, 3.63) is 78.9 Å². The van der Waals surface area contributed by atoms with Gasteiger partial charge in [-0.05, 0) is 44.2 Å². The molecule has 0 aliphatic heterocycles. The number of aromatic nitrogens is 4. The predicted molar refractivity (Wildman–Crippen MR) is 153 cm³/mol. The number of hydrogen-bond acceptors (Lipinski definition) is 6. The van der Waals surface area contributed by atoms with Gasteiger partial charge in [-0.3, -0.25) is 9.20 Å². The van der Waals surface area contributed by atoms with Crippen LogP contribution >= 0.6 is 0 Å². The number of aliphatic hydroxyl groups is 1. The van der Waals surface area contributed by atoms with Crippen molar-refractivity contribution in [2.75, 3.05) is 12.3 Å². The van der Waals surface area contributed by atoms with E-state index in [9.17, 15) is 9.90 Å². The van der Waals surface area contributed by atoms with Gasteiger partial charge in [-0.15, -0.1) is 0 Å². The van der Waals surface area contributed by atoms with E-state index in [0.29, 0.717) is 31.6 Å². The molecule has 1 fully saturated rings. The molecule has 4 N–H and O–H groups in total. The second-order valence-electron chi connectivity index (χ2n) is 10.6. The van der Waals surface area contributed by atoms with Gasteiger partial charge < -0.3 is 16.2 Å². The van der Waals surface area contributed by atoms with Crippen molar-refractivity contribution in [3.63, 3.8) is 0 Å². The number of nitrogens with two attached hydrogens (primary N) is 1. The van der Waals surface area contributed by atoms with E-state index in [-0.39, 0.29) is 11.8 Å². The first kappa shape index (κ1) is 25.0. The zero-order valence-electron chi connectivity index (χ0n) is 22.0. The van der Waals surface area contributed by atoms with Gasteiger partial charge in [0, 0.05) is 48.3 Å². The van der Waals surface area contributed by atoms with Crippen LogP contribution in [0.5, 0.6) is 0 Å². The maximum absolute atomic E-state index is 11.1. The molecule has 2 aromatic carbocycles. The average molecular weight is 521 g/mol. The minimum absolute atomic E-state index is 0.0213. The molecule has 3 heterocycles. The standard InChI is InChI=1S/C31H32N6O2/c1-20(38)33-14-6-5-13-31(39)18-24(19-31)30-36-27(28-29(32)34-15-16-37(28)30)23-10-9-22-11-12-25(35-26(22)17-23)21-7-3-2-4-8-21/h2-4,7-12,15-17,24,39H,5-6,13-14,18-19H2,1H3,(H2,32,34)(H,33,38). The number of benzene rings is 2. The van der Waals surface area contributed by atoms with E-state index in [4.69, 9.17) is 15.7 Å². The number of carbonyl (C=O) groups excluding carboxylic acids is 1. The van der Waals surface area contributed by atoms with Crippen LogP contribution < -0.4 is 11.1 Å². The van der Waals surface area contributed by atoms with E-state index in [1.54, 1.807) is 6.20 Å². The number of fused-ring (bicyclic) bond motifs is 2. The van der Waals surface area contributed by atoms with E-state index < -0.39 is 5.60 Å². The van der Waals surface area contributed by atoms with Gasteiger partial charge in [0.1, 0.15) is 22.9 Å². The molecule has 1 amide bonds. The highest BCUT2D eigenvalue weighted by molar-refractivity contribution is 5.91. The quantitative estimate of drug-likeness (QED) is 0.245. The van der Waals surface area contributed by atoms with Crippen LogP contribution in [0, 0.1) is 0 Å². The average Bonchev–Trinajstić information content (AvgIpc) is 3.32. The summed E-state index contributed by atoms with van der Waals surface area (Å²) in [7, 11) is 0. The van der Waals surface area contributed by atoms with Gasteiger partial charge >= 0.3 is 0 Å². The lowest BCUT2D eigenvalue weighted by atomic mass is 9.68. The lowest BCUT2D eigenvalue weighted by Crippen LogP contribution is -2.43. The van der Waals surface area contributed by atoms with Crippen LogP contribution in [0.15, 0.2) is 73.1 Å². The fourth-order valence-electron chi connectivity index (χ4n) is 5.70. The molecule has 1 aliphatic carbocycles. The third kappa shape index (κ3) is 4.95. The molecule has 1 aliphatic rings. The Kier molecular flexibility index (Phi) is 6.48. The molecule has 0 saturated heterocycles. The van der Waals surface area contributed by atoms with Crippen molar-refractivity contribution in [1.29, 1.82) is 0 Å². The number of unbranched alkanes of at least 4 members (excludes halogenated alkanes) is 1. The molecule has 0 bridgehead atoms. The van der Waals surface area contributed by atoms with Gasteiger partial charge in [0.15, 0.2) is 0 Å². The van der Waals surface area contributed by atoms with Gasteiger partial charge in [-0.1, -0.05) is 48.5 Å². The van der Waals surface area contributed by atoms with Gasteiger partial charge in [-0.25, -0.2) is 15.0 Å². The largest absolute Gasteiger partial charge is 0.390 e. The second kappa shape index (κ2) is 10.1. The Morgan fingerprint density at radius 1 is 1.08 bits per heavy atom. The number of pyridine rings is 1. The topological polar surface area (TPSA) is 118 Å². The van der Waals surface area contributed by atoms with Gasteiger partial charge in [0.05, 0.1) is 16.8 Å². The number of amides is 1. The SMILES string of the molecule is CC(=O)NCCCCC1(O)CC(c2nc(-c3ccc4ccc(-c5ccccc5)nc4c3)c3c(N)nccn23)C1. The van der Waals surface area contributed by atoms with E-state index in [1.807, 2.05) is 34.9 Å². The van der Waals surface area contributed by atoms with Crippen LogP contribution in [0.2, 0.25) is 0 Å². The van der Waals surface area contributed by atoms with E-state index in [1.165, 1.54) is 6.92 Å². The van der Waals surface area contributed by atoms with E-state index in [2.05, 4.69) is 46.7 Å². The third-order valence-electron chi connectivity index (χ3n) is 7.71. The molecule has 6 rings (SSSR count). The van der Waals surface area contributed by atoms with Gasteiger partial charge in [-0.2, -0.15) is 0 Å². The molecule has 0 spiro atoms. The Morgan fingerprint density at radius 2 is 1.87 bits per heavy atom. The summed E-state index contributed by atoms with van der Waals surface area (Å²) in [6.07, 6.45) is 7.31. The molecule has 1 saturated carbocycles. The van der Waals surface area contributed by atoms with Crippen LogP contribution in [-0.4, -0.2) is 42.5 Å². The van der Waals surface area contributed by atoms with Crippen molar-refractivity contribution in [3.8, 4) is 22.5 Å². The normalized spacial score (nSPS) is 18.8. The molecule has 3 aromatic heterocycles. The first-order valence-electron chi connectivity index (χ1n) is 13.5. The van der Waals surface area contributed by atoms with Crippen LogP contribution in [0.25, 0.3) is 38.9 Å². The Balaban J connectivity index is 1.28. The number of imidazole rings is 1. The lowest BCUT2D eigenvalue weighted by molar-refractivity contribution is -0.118. The summed E-state index contributed by atoms with van der Waals surface area (Å²) in [5.74, 6) is 1.41. The minimum Gasteiger partial charge on any atom is -0.390 e. The number of nitrogen functional groups attached to an aromatic ring is 1. The summed E-state index contributed by atoms with van der Waals surface area (Å²) >= 11 is 0. The summed E-state index contributed by atoms with van der Waals surface area (Å²) in [5.41, 5.74) is 11.0. The highest BCUT2D eigenvalue weighted by Gasteiger charge is 2.44. The molecule has 0 unspecified atom stereocenters. The van der Waals surface area contributed by atoms with Crippen molar-refractivity contribution in [2.24, 2.45) is 0 Å². The molecule has 0 radical (unpaired) electrons. The number of carbonyl (C=O) groups is 1. The zero-order valence-corrected chi connectivity index (χ0v) is 22.0. The maximum atomic E-state index is 11.1.